The van der Waals surface area contributed by atoms with Crippen molar-refractivity contribution in [3.8, 4) is 0 Å². The molecule has 7 heteroatoms. The number of rotatable bonds is 2. The minimum atomic E-state index is -2.91. The lowest BCUT2D eigenvalue weighted by Crippen LogP contribution is -2.44. The van der Waals surface area contributed by atoms with Gasteiger partial charge in [0.15, 0.2) is 9.84 Å². The van der Waals surface area contributed by atoms with Crippen LogP contribution >= 0.6 is 12.4 Å². The summed E-state index contributed by atoms with van der Waals surface area (Å²) in [5.41, 5.74) is 5.93. The molecule has 0 bridgehead atoms. The highest BCUT2D eigenvalue weighted by Gasteiger charge is 2.30. The quantitative estimate of drug-likeness (QED) is 0.788. The monoisotopic (exact) mass is 296 g/mol. The molecule has 1 aliphatic carbocycles. The third kappa shape index (κ3) is 3.83. The molecule has 0 aromatic heterocycles. The van der Waals surface area contributed by atoms with Crippen LogP contribution in [0, 0.1) is 5.92 Å². The van der Waals surface area contributed by atoms with Gasteiger partial charge in [0.2, 0.25) is 5.91 Å². The van der Waals surface area contributed by atoms with Crippen LogP contribution in [0.25, 0.3) is 0 Å². The summed E-state index contributed by atoms with van der Waals surface area (Å²) >= 11 is 0. The Hall–Kier alpha value is -0.330. The van der Waals surface area contributed by atoms with Gasteiger partial charge < -0.3 is 10.6 Å². The first kappa shape index (κ1) is 15.7. The van der Waals surface area contributed by atoms with Crippen LogP contribution in [0.2, 0.25) is 0 Å². The molecule has 1 saturated carbocycles. The van der Waals surface area contributed by atoms with Gasteiger partial charge in [-0.1, -0.05) is 6.42 Å². The molecule has 1 heterocycles. The molecule has 2 atom stereocenters. The smallest absolute Gasteiger partial charge is 0.222 e. The lowest BCUT2D eigenvalue weighted by atomic mass is 9.99. The second kappa shape index (κ2) is 6.21. The van der Waals surface area contributed by atoms with Crippen molar-refractivity contribution in [1.82, 2.24) is 4.90 Å². The van der Waals surface area contributed by atoms with Crippen LogP contribution in [0.1, 0.15) is 25.7 Å². The van der Waals surface area contributed by atoms with Gasteiger partial charge in [-0.3, -0.25) is 4.79 Å². The molecular formula is C11H21ClN2O3S. The van der Waals surface area contributed by atoms with Crippen LogP contribution in [0.4, 0.5) is 0 Å². The largest absolute Gasteiger partial charge is 0.341 e. The molecule has 0 aromatic rings. The second-order valence-electron chi connectivity index (χ2n) is 5.09. The van der Waals surface area contributed by atoms with Crippen LogP contribution in [-0.2, 0) is 14.6 Å². The predicted octanol–water partition coefficient (Wildman–Crippen LogP) is 0.183. The Morgan fingerprint density at radius 1 is 1.22 bits per heavy atom. The molecule has 1 aliphatic heterocycles. The van der Waals surface area contributed by atoms with Crippen molar-refractivity contribution in [2.24, 2.45) is 11.7 Å². The van der Waals surface area contributed by atoms with E-state index in [9.17, 15) is 13.2 Å². The van der Waals surface area contributed by atoms with Gasteiger partial charge in [-0.25, -0.2) is 8.42 Å². The lowest BCUT2D eigenvalue weighted by molar-refractivity contribution is -0.131. The average molecular weight is 297 g/mol. The molecule has 18 heavy (non-hydrogen) atoms. The molecule has 1 saturated heterocycles. The summed E-state index contributed by atoms with van der Waals surface area (Å²) in [4.78, 5) is 13.7. The molecule has 2 fully saturated rings. The lowest BCUT2D eigenvalue weighted by Gasteiger charge is -2.28. The number of hydrogen-bond donors (Lipinski definition) is 1. The van der Waals surface area contributed by atoms with Crippen molar-refractivity contribution in [3.63, 3.8) is 0 Å². The Bertz CT molecular complexity index is 385. The van der Waals surface area contributed by atoms with E-state index in [4.69, 9.17) is 5.73 Å². The first-order valence-electron chi connectivity index (χ1n) is 6.22. The van der Waals surface area contributed by atoms with E-state index in [1.165, 1.54) is 0 Å². The van der Waals surface area contributed by atoms with Crippen LogP contribution in [0.3, 0.4) is 0 Å². The molecule has 5 nitrogen and oxygen atoms in total. The molecule has 0 unspecified atom stereocenters. The van der Waals surface area contributed by atoms with Gasteiger partial charge >= 0.3 is 0 Å². The van der Waals surface area contributed by atoms with Gasteiger partial charge in [0, 0.05) is 25.6 Å². The molecule has 1 amide bonds. The first-order chi connectivity index (χ1) is 7.98. The zero-order chi connectivity index (χ0) is 12.5. The van der Waals surface area contributed by atoms with E-state index >= 15 is 0 Å². The van der Waals surface area contributed by atoms with Crippen molar-refractivity contribution in [2.75, 3.05) is 24.6 Å². The Labute approximate surface area is 114 Å². The molecule has 0 spiro atoms. The maximum Gasteiger partial charge on any atom is 0.222 e. The van der Waals surface area contributed by atoms with Crippen molar-refractivity contribution in [1.29, 1.82) is 0 Å². The fourth-order valence-corrected chi connectivity index (χ4v) is 3.84. The molecule has 2 rings (SSSR count). The number of halogens is 1. The number of nitrogens with zero attached hydrogens (tertiary/aromatic N) is 1. The molecule has 106 valence electrons. The summed E-state index contributed by atoms with van der Waals surface area (Å²) in [7, 11) is -2.91. The van der Waals surface area contributed by atoms with E-state index in [2.05, 4.69) is 0 Å². The molecule has 2 N–H and O–H groups in total. The van der Waals surface area contributed by atoms with E-state index in [1.807, 2.05) is 0 Å². The minimum absolute atomic E-state index is 0. The summed E-state index contributed by atoms with van der Waals surface area (Å²) in [6.45, 7) is 0.701. The Morgan fingerprint density at radius 2 is 1.83 bits per heavy atom. The summed E-state index contributed by atoms with van der Waals surface area (Å²) in [5.74, 6) is 0.577. The Kier molecular flexibility index (Phi) is 5.43. The van der Waals surface area contributed by atoms with Crippen molar-refractivity contribution >= 4 is 28.2 Å². The number of carbonyl (C=O) groups excluding carboxylic acids is 1. The fourth-order valence-electron chi connectivity index (χ4n) is 2.63. The van der Waals surface area contributed by atoms with Crippen molar-refractivity contribution in [2.45, 2.75) is 31.7 Å². The SMILES string of the molecule is Cl.N[C@@H]1CCC[C@H]1CC(=O)N1CCS(=O)(=O)CC1. The molecule has 0 radical (unpaired) electrons. The van der Waals surface area contributed by atoms with Gasteiger partial charge in [0.25, 0.3) is 0 Å². The zero-order valence-electron chi connectivity index (χ0n) is 10.4. The fraction of sp³-hybridized carbons (Fsp3) is 0.909. The summed E-state index contributed by atoms with van der Waals surface area (Å²) < 4.78 is 22.5. The van der Waals surface area contributed by atoms with E-state index in [-0.39, 0.29) is 35.9 Å². The number of sulfone groups is 1. The van der Waals surface area contributed by atoms with E-state index in [1.54, 1.807) is 4.90 Å². The van der Waals surface area contributed by atoms with E-state index in [0.29, 0.717) is 25.4 Å². The highest BCUT2D eigenvalue weighted by Crippen LogP contribution is 2.27. The third-order valence-electron chi connectivity index (χ3n) is 3.85. The zero-order valence-corrected chi connectivity index (χ0v) is 12.0. The standard InChI is InChI=1S/C11H20N2O3S.ClH/c12-10-3-1-2-9(10)8-11(14)13-4-6-17(15,16)7-5-13;/h9-10H,1-8,12H2;1H/t9-,10+;/m0./s1. The normalized spacial score (nSPS) is 30.8. The van der Waals surface area contributed by atoms with Gasteiger partial charge in [-0.05, 0) is 18.8 Å². The number of carbonyl (C=O) groups is 1. The number of hydrogen-bond acceptors (Lipinski definition) is 4. The highest BCUT2D eigenvalue weighted by molar-refractivity contribution is 7.91. The summed E-state index contributed by atoms with van der Waals surface area (Å²) in [6.07, 6.45) is 3.63. The maximum absolute atomic E-state index is 12.0. The molecular weight excluding hydrogens is 276 g/mol. The third-order valence-corrected chi connectivity index (χ3v) is 5.46. The summed E-state index contributed by atoms with van der Waals surface area (Å²) in [5, 5.41) is 0. The van der Waals surface area contributed by atoms with Gasteiger partial charge in [-0.2, -0.15) is 0 Å². The van der Waals surface area contributed by atoms with E-state index in [0.717, 1.165) is 19.3 Å². The van der Waals surface area contributed by atoms with Crippen LogP contribution in [0.15, 0.2) is 0 Å². The predicted molar refractivity (Wildman–Crippen MR) is 72.4 cm³/mol. The van der Waals surface area contributed by atoms with Crippen molar-refractivity contribution in [3.05, 3.63) is 0 Å². The Balaban J connectivity index is 0.00000162. The number of nitrogens with two attached hydrogens (primary N) is 1. The number of amides is 1. The first-order valence-corrected chi connectivity index (χ1v) is 8.04. The summed E-state index contributed by atoms with van der Waals surface area (Å²) in [6, 6.07) is 0.146. The van der Waals surface area contributed by atoms with Crippen LogP contribution in [-0.4, -0.2) is 49.9 Å². The second-order valence-corrected chi connectivity index (χ2v) is 7.40. The highest BCUT2D eigenvalue weighted by atomic mass is 35.5. The average Bonchev–Trinajstić information content (AvgIpc) is 2.64. The van der Waals surface area contributed by atoms with Crippen molar-refractivity contribution < 1.29 is 13.2 Å². The van der Waals surface area contributed by atoms with Gasteiger partial charge in [-0.15, -0.1) is 12.4 Å². The molecule has 0 aromatic carbocycles. The molecule has 2 aliphatic rings. The topological polar surface area (TPSA) is 80.5 Å². The van der Waals surface area contributed by atoms with Gasteiger partial charge in [0.05, 0.1) is 11.5 Å². The van der Waals surface area contributed by atoms with E-state index < -0.39 is 9.84 Å². The van der Waals surface area contributed by atoms with Crippen LogP contribution in [0.5, 0.6) is 0 Å². The van der Waals surface area contributed by atoms with Gasteiger partial charge in [0.1, 0.15) is 0 Å². The minimum Gasteiger partial charge on any atom is -0.341 e. The Morgan fingerprint density at radius 3 is 2.33 bits per heavy atom. The maximum atomic E-state index is 12.0. The van der Waals surface area contributed by atoms with Crippen LogP contribution < -0.4 is 5.73 Å².